The Kier molecular flexibility index (Phi) is 1.80. The Morgan fingerprint density at radius 2 is 2.30 bits per heavy atom. The molecule has 0 bridgehead atoms. The highest BCUT2D eigenvalue weighted by Crippen LogP contribution is 2.19. The van der Waals surface area contributed by atoms with Gasteiger partial charge < -0.3 is 0 Å². The molecule has 0 fully saturated rings. The molecule has 0 aromatic carbocycles. The fraction of sp³-hybridized carbons (Fsp3) is 0.500. The van der Waals surface area contributed by atoms with Crippen LogP contribution in [0, 0.1) is 6.54 Å². The van der Waals surface area contributed by atoms with E-state index in [1.165, 1.54) is 0 Å². The number of hydrogen-bond acceptors (Lipinski definition) is 3. The van der Waals surface area contributed by atoms with Crippen LogP contribution in [0.5, 0.6) is 0 Å². The van der Waals surface area contributed by atoms with E-state index in [9.17, 15) is 13.2 Å². The van der Waals surface area contributed by atoms with E-state index in [1.807, 2.05) is 0 Å². The van der Waals surface area contributed by atoms with Gasteiger partial charge in [0.15, 0.2) is 0 Å². The summed E-state index contributed by atoms with van der Waals surface area (Å²) in [5.74, 6) is 0. The second kappa shape index (κ2) is 2.45. The minimum atomic E-state index is -4.63. The summed E-state index contributed by atoms with van der Waals surface area (Å²) in [6.45, 7) is 2.10. The molecular formula is C4H3F3N2O. The number of nitrogens with zero attached hydrogens (tertiary/aromatic N) is 1. The van der Waals surface area contributed by atoms with Gasteiger partial charge >= 0.3 is 6.36 Å². The van der Waals surface area contributed by atoms with Gasteiger partial charge in [0.05, 0.1) is 6.21 Å². The van der Waals surface area contributed by atoms with Crippen LogP contribution in [0.3, 0.4) is 0 Å². The van der Waals surface area contributed by atoms with Crippen molar-refractivity contribution in [2.75, 3.05) is 0 Å². The Bertz CT molecular complexity index is 144. The zero-order valence-electron chi connectivity index (χ0n) is 4.64. The van der Waals surface area contributed by atoms with Crippen molar-refractivity contribution in [3.63, 3.8) is 0 Å². The van der Waals surface area contributed by atoms with Gasteiger partial charge in [-0.05, 0) is 0 Å². The minimum Gasteiger partial charge on any atom is -0.296 e. The quantitative estimate of drug-likeness (QED) is 0.594. The van der Waals surface area contributed by atoms with Crippen LogP contribution >= 0.6 is 0 Å². The van der Waals surface area contributed by atoms with Gasteiger partial charge in [-0.3, -0.25) is 10.2 Å². The maximum atomic E-state index is 11.4. The van der Waals surface area contributed by atoms with E-state index in [1.54, 1.807) is 0 Å². The molecule has 1 N–H and O–H groups in total. The normalized spacial score (nSPS) is 24.9. The van der Waals surface area contributed by atoms with Crippen LogP contribution in [0.15, 0.2) is 5.10 Å². The number of alkyl halides is 3. The van der Waals surface area contributed by atoms with Gasteiger partial charge in [0.2, 0.25) is 0 Å². The number of ether oxygens (including phenoxy) is 1. The van der Waals surface area contributed by atoms with Crippen molar-refractivity contribution in [3.8, 4) is 0 Å². The van der Waals surface area contributed by atoms with Crippen molar-refractivity contribution >= 4 is 6.21 Å². The van der Waals surface area contributed by atoms with Gasteiger partial charge in [-0.2, -0.15) is 5.10 Å². The molecule has 0 amide bonds. The number of halogens is 3. The van der Waals surface area contributed by atoms with Crippen LogP contribution in [-0.2, 0) is 4.74 Å². The lowest BCUT2D eigenvalue weighted by molar-refractivity contribution is -0.329. The van der Waals surface area contributed by atoms with Crippen LogP contribution in [0.25, 0.3) is 0 Å². The highest BCUT2D eigenvalue weighted by atomic mass is 19.4. The van der Waals surface area contributed by atoms with E-state index in [0.717, 1.165) is 6.21 Å². The summed E-state index contributed by atoms with van der Waals surface area (Å²) in [7, 11) is 0. The summed E-state index contributed by atoms with van der Waals surface area (Å²) in [6, 6.07) is 0. The topological polar surface area (TPSA) is 33.6 Å². The molecule has 56 valence electrons. The van der Waals surface area contributed by atoms with E-state index in [0.29, 0.717) is 0 Å². The standard InChI is InChI=1S/C4H3F3N2O/c5-4(6,7)10-3-1-8-9-2-3/h1,3,9H. The van der Waals surface area contributed by atoms with E-state index in [4.69, 9.17) is 0 Å². The second-order valence-electron chi connectivity index (χ2n) is 1.52. The summed E-state index contributed by atoms with van der Waals surface area (Å²) >= 11 is 0. The lowest BCUT2D eigenvalue weighted by Crippen LogP contribution is -2.24. The Labute approximate surface area is 54.9 Å². The molecule has 0 aromatic rings. The molecule has 1 aliphatic heterocycles. The Balaban J connectivity index is 2.31. The van der Waals surface area contributed by atoms with Crippen molar-refractivity contribution < 1.29 is 17.9 Å². The molecule has 2 radical (unpaired) electrons. The van der Waals surface area contributed by atoms with Gasteiger partial charge in [0.1, 0.15) is 12.6 Å². The number of hydrogen-bond donors (Lipinski definition) is 1. The summed E-state index contributed by atoms with van der Waals surface area (Å²) in [5, 5.41) is 3.24. The average molecular weight is 152 g/mol. The molecule has 10 heavy (non-hydrogen) atoms. The summed E-state index contributed by atoms with van der Waals surface area (Å²) < 4.78 is 37.5. The van der Waals surface area contributed by atoms with Crippen molar-refractivity contribution in [1.82, 2.24) is 5.43 Å². The molecule has 1 atom stereocenters. The maximum absolute atomic E-state index is 11.4. The van der Waals surface area contributed by atoms with E-state index in [2.05, 4.69) is 21.8 Å². The first-order valence-corrected chi connectivity index (χ1v) is 2.36. The molecule has 0 saturated heterocycles. The lowest BCUT2D eigenvalue weighted by atomic mass is 10.4. The highest BCUT2D eigenvalue weighted by molar-refractivity contribution is 5.66. The minimum absolute atomic E-state index is 0.966. The first kappa shape index (κ1) is 7.33. The van der Waals surface area contributed by atoms with E-state index in [-0.39, 0.29) is 0 Å². The maximum Gasteiger partial charge on any atom is 0.523 e. The van der Waals surface area contributed by atoms with Crippen LogP contribution in [0.2, 0.25) is 0 Å². The highest BCUT2D eigenvalue weighted by Gasteiger charge is 2.34. The zero-order chi connectivity index (χ0) is 7.61. The van der Waals surface area contributed by atoms with E-state index < -0.39 is 12.5 Å². The zero-order valence-corrected chi connectivity index (χ0v) is 4.64. The molecule has 6 heteroatoms. The van der Waals surface area contributed by atoms with Crippen LogP contribution in [0.4, 0.5) is 13.2 Å². The summed E-state index contributed by atoms with van der Waals surface area (Å²) in [6.07, 6.45) is -4.89. The average Bonchev–Trinajstić information content (AvgIpc) is 2.12. The SMILES string of the molecule is FC(F)(F)OC1[C]NN=C1. The second-order valence-corrected chi connectivity index (χ2v) is 1.52. The van der Waals surface area contributed by atoms with Gasteiger partial charge in [0, 0.05) is 0 Å². The lowest BCUT2D eigenvalue weighted by Gasteiger charge is -2.08. The van der Waals surface area contributed by atoms with Crippen molar-refractivity contribution in [2.24, 2.45) is 5.10 Å². The Morgan fingerprint density at radius 1 is 1.60 bits per heavy atom. The smallest absolute Gasteiger partial charge is 0.296 e. The first-order chi connectivity index (χ1) is 4.58. The third-order valence-corrected chi connectivity index (χ3v) is 0.742. The van der Waals surface area contributed by atoms with Crippen molar-refractivity contribution in [2.45, 2.75) is 12.5 Å². The molecule has 1 rings (SSSR count). The van der Waals surface area contributed by atoms with Crippen molar-refractivity contribution in [3.05, 3.63) is 6.54 Å². The fourth-order valence-electron chi connectivity index (χ4n) is 0.447. The number of nitrogens with one attached hydrogen (secondary N) is 1. The predicted octanol–water partition coefficient (Wildman–Crippen LogP) is 0.519. The molecule has 0 spiro atoms. The van der Waals surface area contributed by atoms with Crippen LogP contribution in [0.1, 0.15) is 0 Å². The molecule has 0 aromatic heterocycles. The molecule has 0 aliphatic carbocycles. The molecule has 1 heterocycles. The Morgan fingerprint density at radius 3 is 2.70 bits per heavy atom. The van der Waals surface area contributed by atoms with Gasteiger partial charge in [0.25, 0.3) is 0 Å². The molecule has 0 saturated carbocycles. The molecule has 3 nitrogen and oxygen atoms in total. The largest absolute Gasteiger partial charge is 0.523 e. The van der Waals surface area contributed by atoms with Gasteiger partial charge in [-0.25, -0.2) is 0 Å². The summed E-state index contributed by atoms with van der Waals surface area (Å²) in [4.78, 5) is 0. The molecule has 1 unspecified atom stereocenters. The number of hydrazone groups is 1. The Hall–Kier alpha value is -0.780. The molecular weight excluding hydrogens is 149 g/mol. The third kappa shape index (κ3) is 2.22. The van der Waals surface area contributed by atoms with Crippen molar-refractivity contribution in [1.29, 1.82) is 0 Å². The molecule has 1 aliphatic rings. The number of rotatable bonds is 1. The third-order valence-electron chi connectivity index (χ3n) is 0.742. The van der Waals surface area contributed by atoms with Gasteiger partial charge in [-0.15, -0.1) is 13.2 Å². The van der Waals surface area contributed by atoms with E-state index >= 15 is 0 Å². The monoisotopic (exact) mass is 152 g/mol. The van der Waals surface area contributed by atoms with Crippen LogP contribution in [-0.4, -0.2) is 18.7 Å². The summed E-state index contributed by atoms with van der Waals surface area (Å²) in [5.41, 5.74) is 2.09. The first-order valence-electron chi connectivity index (χ1n) is 2.36. The van der Waals surface area contributed by atoms with Crippen LogP contribution < -0.4 is 5.43 Å². The fourth-order valence-corrected chi connectivity index (χ4v) is 0.447. The predicted molar refractivity (Wildman–Crippen MR) is 25.8 cm³/mol. The van der Waals surface area contributed by atoms with Gasteiger partial charge in [-0.1, -0.05) is 0 Å².